The van der Waals surface area contributed by atoms with Crippen molar-refractivity contribution in [1.29, 1.82) is 0 Å². The average Bonchev–Trinajstić information content (AvgIpc) is 3.07. The van der Waals surface area contributed by atoms with Crippen LogP contribution in [0.25, 0.3) is 10.4 Å². The Bertz CT molecular complexity index is 1130. The molecule has 1 aromatic rings. The maximum atomic E-state index is 12.6. The van der Waals surface area contributed by atoms with Crippen molar-refractivity contribution in [2.45, 2.75) is 18.6 Å². The zero-order chi connectivity index (χ0) is 24.2. The third-order valence-electron chi connectivity index (χ3n) is 5.33. The number of hydrogen-bond acceptors (Lipinski definition) is 8. The summed E-state index contributed by atoms with van der Waals surface area (Å²) >= 11 is 11.7. The number of fused-ring (bicyclic) bond motifs is 3. The first-order valence-electron chi connectivity index (χ1n) is 10.1. The normalized spacial score (nSPS) is 19.4. The van der Waals surface area contributed by atoms with Crippen LogP contribution in [-0.2, 0) is 20.7 Å². The highest BCUT2D eigenvalue weighted by Crippen LogP contribution is 2.46. The Kier molecular flexibility index (Phi) is 8.38. The van der Waals surface area contributed by atoms with Crippen LogP contribution < -0.4 is 4.74 Å². The summed E-state index contributed by atoms with van der Waals surface area (Å²) in [5.74, 6) is 0.280. The van der Waals surface area contributed by atoms with Gasteiger partial charge < -0.3 is 4.74 Å². The van der Waals surface area contributed by atoms with Crippen LogP contribution in [0, 0.1) is 0 Å². The first kappa shape index (κ1) is 25.5. The molecule has 2 aliphatic rings. The van der Waals surface area contributed by atoms with Crippen molar-refractivity contribution in [3.05, 3.63) is 50.9 Å². The molecule has 13 heteroatoms. The van der Waals surface area contributed by atoms with Gasteiger partial charge in [-0.15, -0.1) is 23.2 Å². The third kappa shape index (κ3) is 5.87. The zero-order valence-electron chi connectivity index (χ0n) is 17.7. The number of rotatable bonds is 11. The van der Waals surface area contributed by atoms with E-state index in [9.17, 15) is 18.0 Å². The summed E-state index contributed by atoms with van der Waals surface area (Å²) in [7, 11) is -3.90. The molecule has 0 saturated heterocycles. The second-order valence-corrected chi connectivity index (χ2v) is 9.87. The molecule has 10 nitrogen and oxygen atoms in total. The van der Waals surface area contributed by atoms with Crippen LogP contribution >= 0.6 is 23.2 Å². The van der Waals surface area contributed by atoms with Gasteiger partial charge in [0.1, 0.15) is 12.4 Å². The molecule has 0 aromatic heterocycles. The number of allylic oxidation sites excluding steroid dienone is 2. The van der Waals surface area contributed by atoms with Gasteiger partial charge in [0, 0.05) is 59.4 Å². The third-order valence-corrected chi connectivity index (χ3v) is 6.26. The SMILES string of the molecule is CS(=O)(=O)OC1Cc2c3c(cc(OCCN(CCCl)CCCl)c2C1N=[N+]=[N-])C(=O)C=CC3=O. The van der Waals surface area contributed by atoms with Gasteiger partial charge in [-0.3, -0.25) is 18.7 Å². The fourth-order valence-electron chi connectivity index (χ4n) is 4.04. The van der Waals surface area contributed by atoms with Crippen molar-refractivity contribution in [1.82, 2.24) is 4.90 Å². The molecule has 1 aromatic carbocycles. The number of carbonyl (C=O) groups excluding carboxylic acids is 2. The van der Waals surface area contributed by atoms with E-state index in [-0.39, 0.29) is 35.7 Å². The summed E-state index contributed by atoms with van der Waals surface area (Å²) in [6, 6.07) is 0.379. The summed E-state index contributed by atoms with van der Waals surface area (Å²) < 4.78 is 34.7. The smallest absolute Gasteiger partial charge is 0.264 e. The highest BCUT2D eigenvalue weighted by atomic mass is 35.5. The van der Waals surface area contributed by atoms with E-state index >= 15 is 0 Å². The van der Waals surface area contributed by atoms with Gasteiger partial charge in [0.15, 0.2) is 11.6 Å². The van der Waals surface area contributed by atoms with Crippen LogP contribution in [0.4, 0.5) is 0 Å². The number of carbonyl (C=O) groups is 2. The minimum absolute atomic E-state index is 0.0386. The van der Waals surface area contributed by atoms with E-state index in [2.05, 4.69) is 10.0 Å². The van der Waals surface area contributed by atoms with E-state index < -0.39 is 28.0 Å². The van der Waals surface area contributed by atoms with Crippen molar-refractivity contribution in [3.8, 4) is 5.75 Å². The van der Waals surface area contributed by atoms with Crippen LogP contribution in [0.5, 0.6) is 5.75 Å². The van der Waals surface area contributed by atoms with Gasteiger partial charge in [0.05, 0.1) is 18.4 Å². The Balaban J connectivity index is 2.04. The standard InChI is InChI=1S/C20H22Cl2N4O6S/c1-33(29,30)32-17-11-13-18-12(14(27)2-3-15(18)28)10-16(19(13)20(17)24-25-23)31-9-8-26(6-4-21)7-5-22/h2-3,10,17,20H,4-9,11H2,1H3. The molecule has 33 heavy (non-hydrogen) atoms. The van der Waals surface area contributed by atoms with Crippen LogP contribution in [-0.4, -0.2) is 75.2 Å². The fraction of sp³-hybridized carbons (Fsp3) is 0.500. The Morgan fingerprint density at radius 2 is 1.85 bits per heavy atom. The number of ketones is 2. The predicted molar refractivity (Wildman–Crippen MR) is 123 cm³/mol. The topological polar surface area (TPSA) is 139 Å². The van der Waals surface area contributed by atoms with Crippen molar-refractivity contribution in [3.63, 3.8) is 0 Å². The molecule has 0 amide bonds. The minimum atomic E-state index is -3.90. The Labute approximate surface area is 201 Å². The molecule has 0 heterocycles. The molecule has 0 bridgehead atoms. The molecule has 3 rings (SSSR count). The number of nitrogens with zero attached hydrogens (tertiary/aromatic N) is 4. The molecular weight excluding hydrogens is 495 g/mol. The molecule has 0 N–H and O–H groups in total. The quantitative estimate of drug-likeness (QED) is 0.145. The van der Waals surface area contributed by atoms with Crippen LogP contribution in [0.1, 0.15) is 37.9 Å². The molecule has 0 spiro atoms. The number of alkyl halides is 2. The molecule has 0 radical (unpaired) electrons. The van der Waals surface area contributed by atoms with Gasteiger partial charge in [-0.05, 0) is 29.3 Å². The second kappa shape index (κ2) is 10.9. The van der Waals surface area contributed by atoms with Gasteiger partial charge in [-0.1, -0.05) is 5.11 Å². The number of azide groups is 1. The molecule has 0 saturated carbocycles. The maximum absolute atomic E-state index is 12.6. The second-order valence-electron chi connectivity index (χ2n) is 7.51. The maximum Gasteiger partial charge on any atom is 0.264 e. The van der Waals surface area contributed by atoms with Gasteiger partial charge in [0.25, 0.3) is 10.1 Å². The van der Waals surface area contributed by atoms with Crippen molar-refractivity contribution in [2.24, 2.45) is 5.11 Å². The highest BCUT2D eigenvalue weighted by Gasteiger charge is 2.42. The van der Waals surface area contributed by atoms with Crippen LogP contribution in [0.2, 0.25) is 0 Å². The lowest BCUT2D eigenvalue weighted by atomic mass is 9.88. The monoisotopic (exact) mass is 516 g/mol. The summed E-state index contributed by atoms with van der Waals surface area (Å²) in [5, 5.41) is 3.74. The van der Waals surface area contributed by atoms with Crippen LogP contribution in [0.3, 0.4) is 0 Å². The number of hydrogen-bond donors (Lipinski definition) is 0. The van der Waals surface area contributed by atoms with E-state index in [4.69, 9.17) is 37.7 Å². The lowest BCUT2D eigenvalue weighted by Crippen LogP contribution is -2.32. The highest BCUT2D eigenvalue weighted by molar-refractivity contribution is 7.86. The van der Waals surface area contributed by atoms with E-state index in [1.165, 1.54) is 12.1 Å². The van der Waals surface area contributed by atoms with Gasteiger partial charge >= 0.3 is 0 Å². The lowest BCUT2D eigenvalue weighted by Gasteiger charge is -2.23. The largest absolute Gasteiger partial charge is 0.492 e. The molecule has 178 valence electrons. The molecule has 2 aliphatic carbocycles. The number of benzene rings is 1. The summed E-state index contributed by atoms with van der Waals surface area (Å²) in [6.07, 6.45) is 2.11. The molecule has 2 unspecified atom stereocenters. The predicted octanol–water partition coefficient (Wildman–Crippen LogP) is 3.03. The van der Waals surface area contributed by atoms with Crippen molar-refractivity contribution in [2.75, 3.05) is 44.3 Å². The minimum Gasteiger partial charge on any atom is -0.492 e. The van der Waals surface area contributed by atoms with Crippen molar-refractivity contribution < 1.29 is 26.9 Å². The average molecular weight is 517 g/mol. The summed E-state index contributed by atoms with van der Waals surface area (Å²) in [4.78, 5) is 30.0. The lowest BCUT2D eigenvalue weighted by molar-refractivity contribution is 0.0992. The van der Waals surface area contributed by atoms with E-state index in [0.29, 0.717) is 42.5 Å². The Morgan fingerprint density at radius 1 is 1.18 bits per heavy atom. The van der Waals surface area contributed by atoms with E-state index in [1.807, 2.05) is 4.90 Å². The summed E-state index contributed by atoms with van der Waals surface area (Å²) in [6.45, 7) is 1.87. The number of halogens is 2. The fourth-order valence-corrected chi connectivity index (χ4v) is 5.14. The van der Waals surface area contributed by atoms with Crippen LogP contribution in [0.15, 0.2) is 23.3 Å². The zero-order valence-corrected chi connectivity index (χ0v) is 20.1. The van der Waals surface area contributed by atoms with Gasteiger partial charge in [-0.25, -0.2) is 0 Å². The van der Waals surface area contributed by atoms with E-state index in [1.54, 1.807) is 0 Å². The number of ether oxygens (including phenoxy) is 1. The summed E-state index contributed by atoms with van der Waals surface area (Å²) in [5.41, 5.74) is 10.1. The van der Waals surface area contributed by atoms with Gasteiger partial charge in [0.2, 0.25) is 0 Å². The molecule has 0 aliphatic heterocycles. The molecule has 0 fully saturated rings. The van der Waals surface area contributed by atoms with Gasteiger partial charge in [-0.2, -0.15) is 8.42 Å². The Morgan fingerprint density at radius 3 is 2.45 bits per heavy atom. The Hall–Kier alpha value is -2.14. The molecular formula is C20H22Cl2N4O6S. The first-order chi connectivity index (χ1) is 15.7. The first-order valence-corrected chi connectivity index (χ1v) is 12.9. The molecule has 2 atom stereocenters. The van der Waals surface area contributed by atoms with E-state index in [0.717, 1.165) is 12.3 Å². The van der Waals surface area contributed by atoms with Crippen molar-refractivity contribution >= 4 is 44.9 Å².